The summed E-state index contributed by atoms with van der Waals surface area (Å²) in [5.74, 6) is 0.705. The van der Waals surface area contributed by atoms with Crippen LogP contribution in [-0.4, -0.2) is 59.0 Å². The van der Waals surface area contributed by atoms with Crippen LogP contribution in [0.5, 0.6) is 0 Å². The summed E-state index contributed by atoms with van der Waals surface area (Å²) in [6, 6.07) is 7.49. The highest BCUT2D eigenvalue weighted by Crippen LogP contribution is 2.05. The van der Waals surface area contributed by atoms with Crippen LogP contribution in [0.4, 0.5) is 0 Å². The molecule has 0 aliphatic carbocycles. The van der Waals surface area contributed by atoms with Crippen LogP contribution < -0.4 is 16.0 Å². The zero-order valence-corrected chi connectivity index (χ0v) is 18.7. The van der Waals surface area contributed by atoms with Crippen molar-refractivity contribution in [2.75, 3.05) is 38.7 Å². The van der Waals surface area contributed by atoms with Crippen molar-refractivity contribution in [3.8, 4) is 0 Å². The minimum atomic E-state index is -2.94. The number of aliphatic imine (C=N–C) groups is 1. The molecular weight excluding hydrogens is 467 g/mol. The molecule has 1 aromatic carbocycles. The van der Waals surface area contributed by atoms with Crippen molar-refractivity contribution >= 4 is 45.7 Å². The van der Waals surface area contributed by atoms with E-state index in [0.29, 0.717) is 31.0 Å². The predicted octanol–water partition coefficient (Wildman–Crippen LogP) is 1.20. The molecule has 0 heterocycles. The fourth-order valence-electron chi connectivity index (χ4n) is 2.20. The van der Waals surface area contributed by atoms with Crippen molar-refractivity contribution in [2.45, 2.75) is 19.8 Å². The van der Waals surface area contributed by atoms with Gasteiger partial charge in [-0.15, -0.1) is 24.0 Å². The van der Waals surface area contributed by atoms with E-state index in [2.05, 4.69) is 20.9 Å². The number of hydrogen-bond acceptors (Lipinski definition) is 4. The molecule has 3 N–H and O–H groups in total. The SMILES string of the molecule is CCNC(=NCCCS(C)(=O)=O)NCCc1cccc(C(=O)NC)c1.I. The van der Waals surface area contributed by atoms with Gasteiger partial charge in [0.15, 0.2) is 5.96 Å². The fourth-order valence-corrected chi connectivity index (χ4v) is 2.85. The third-order valence-corrected chi connectivity index (χ3v) is 4.44. The molecule has 26 heavy (non-hydrogen) atoms. The number of hydrogen-bond donors (Lipinski definition) is 3. The summed E-state index contributed by atoms with van der Waals surface area (Å²) >= 11 is 0. The average Bonchev–Trinajstić information content (AvgIpc) is 2.57. The summed E-state index contributed by atoms with van der Waals surface area (Å²) < 4.78 is 22.2. The Morgan fingerprint density at radius 2 is 1.96 bits per heavy atom. The van der Waals surface area contributed by atoms with E-state index in [-0.39, 0.29) is 35.6 Å². The van der Waals surface area contributed by atoms with E-state index in [1.165, 1.54) is 6.26 Å². The van der Waals surface area contributed by atoms with Gasteiger partial charge in [0.05, 0.1) is 5.75 Å². The number of sulfone groups is 1. The molecule has 0 saturated carbocycles. The second kappa shape index (κ2) is 12.9. The van der Waals surface area contributed by atoms with Gasteiger partial charge in [0.2, 0.25) is 0 Å². The fraction of sp³-hybridized carbons (Fsp3) is 0.529. The van der Waals surface area contributed by atoms with Crippen LogP contribution in [0.3, 0.4) is 0 Å². The van der Waals surface area contributed by atoms with Crippen LogP contribution >= 0.6 is 24.0 Å². The monoisotopic (exact) mass is 496 g/mol. The van der Waals surface area contributed by atoms with Gasteiger partial charge in [-0.1, -0.05) is 12.1 Å². The third-order valence-electron chi connectivity index (χ3n) is 3.41. The maximum Gasteiger partial charge on any atom is 0.251 e. The van der Waals surface area contributed by atoms with Crippen LogP contribution in [0.25, 0.3) is 0 Å². The molecule has 0 spiro atoms. The van der Waals surface area contributed by atoms with Gasteiger partial charge in [-0.05, 0) is 37.5 Å². The lowest BCUT2D eigenvalue weighted by molar-refractivity contribution is 0.0963. The maximum absolute atomic E-state index is 11.7. The van der Waals surface area contributed by atoms with Crippen molar-refractivity contribution in [1.82, 2.24) is 16.0 Å². The van der Waals surface area contributed by atoms with Gasteiger partial charge in [-0.2, -0.15) is 0 Å². The van der Waals surface area contributed by atoms with E-state index in [9.17, 15) is 13.2 Å². The molecule has 148 valence electrons. The Bertz CT molecular complexity index is 693. The van der Waals surface area contributed by atoms with Crippen LogP contribution in [0, 0.1) is 0 Å². The Balaban J connectivity index is 0.00000625. The minimum absolute atomic E-state index is 0. The lowest BCUT2D eigenvalue weighted by Crippen LogP contribution is -2.38. The number of halogens is 1. The molecule has 0 bridgehead atoms. The molecule has 0 fully saturated rings. The number of rotatable bonds is 9. The molecule has 0 saturated heterocycles. The quantitative estimate of drug-likeness (QED) is 0.207. The van der Waals surface area contributed by atoms with E-state index in [0.717, 1.165) is 18.5 Å². The lowest BCUT2D eigenvalue weighted by atomic mass is 10.1. The zero-order chi connectivity index (χ0) is 18.7. The molecule has 0 aromatic heterocycles. The van der Waals surface area contributed by atoms with Gasteiger partial charge < -0.3 is 16.0 Å². The van der Waals surface area contributed by atoms with Crippen molar-refractivity contribution < 1.29 is 13.2 Å². The number of carbonyl (C=O) groups excluding carboxylic acids is 1. The molecular formula is C17H29IN4O3S. The molecule has 1 amide bonds. The summed E-state index contributed by atoms with van der Waals surface area (Å²) in [4.78, 5) is 16.0. The van der Waals surface area contributed by atoms with Crippen molar-refractivity contribution in [2.24, 2.45) is 4.99 Å². The first-order valence-corrected chi connectivity index (χ1v) is 10.4. The number of benzene rings is 1. The highest BCUT2D eigenvalue weighted by Gasteiger charge is 2.04. The molecule has 9 heteroatoms. The summed E-state index contributed by atoms with van der Waals surface area (Å²) in [5.41, 5.74) is 1.70. The van der Waals surface area contributed by atoms with Gasteiger partial charge >= 0.3 is 0 Å². The Hall–Kier alpha value is -1.36. The minimum Gasteiger partial charge on any atom is -0.357 e. The third kappa shape index (κ3) is 10.6. The predicted molar refractivity (Wildman–Crippen MR) is 117 cm³/mol. The Labute approximate surface area is 173 Å². The first-order valence-electron chi connectivity index (χ1n) is 8.36. The molecule has 0 aliphatic heterocycles. The normalized spacial score (nSPS) is 11.4. The molecule has 0 unspecified atom stereocenters. The molecule has 0 atom stereocenters. The van der Waals surface area contributed by atoms with Gasteiger partial charge in [-0.3, -0.25) is 9.79 Å². The summed E-state index contributed by atoms with van der Waals surface area (Å²) in [7, 11) is -1.33. The molecule has 0 aliphatic rings. The maximum atomic E-state index is 11.7. The average molecular weight is 496 g/mol. The molecule has 1 aromatic rings. The van der Waals surface area contributed by atoms with E-state index >= 15 is 0 Å². The van der Waals surface area contributed by atoms with Gasteiger partial charge in [-0.25, -0.2) is 8.42 Å². The van der Waals surface area contributed by atoms with Crippen LogP contribution in [-0.2, 0) is 16.3 Å². The van der Waals surface area contributed by atoms with Gasteiger partial charge in [0.1, 0.15) is 9.84 Å². The van der Waals surface area contributed by atoms with Crippen molar-refractivity contribution in [3.63, 3.8) is 0 Å². The van der Waals surface area contributed by atoms with E-state index in [1.54, 1.807) is 13.1 Å². The number of amides is 1. The molecule has 7 nitrogen and oxygen atoms in total. The Kier molecular flexibility index (Phi) is 12.2. The topological polar surface area (TPSA) is 99.7 Å². The standard InChI is InChI=1S/C17H28N4O3S.HI/c1-4-19-17(20-10-6-12-25(3,23)24)21-11-9-14-7-5-8-15(13-14)16(22)18-2;/h5,7-8,13H,4,6,9-12H2,1-3H3,(H,18,22)(H2,19,20,21);1H. The van der Waals surface area contributed by atoms with Crippen LogP contribution in [0.1, 0.15) is 29.3 Å². The van der Waals surface area contributed by atoms with Crippen molar-refractivity contribution in [1.29, 1.82) is 0 Å². The number of carbonyl (C=O) groups is 1. The van der Waals surface area contributed by atoms with Crippen LogP contribution in [0.15, 0.2) is 29.3 Å². The van der Waals surface area contributed by atoms with Crippen molar-refractivity contribution in [3.05, 3.63) is 35.4 Å². The second-order valence-electron chi connectivity index (χ2n) is 5.70. The highest BCUT2D eigenvalue weighted by molar-refractivity contribution is 14.0. The van der Waals surface area contributed by atoms with E-state index in [1.807, 2.05) is 25.1 Å². The number of guanidine groups is 1. The number of nitrogens with zero attached hydrogens (tertiary/aromatic N) is 1. The van der Waals surface area contributed by atoms with Crippen LogP contribution in [0.2, 0.25) is 0 Å². The van der Waals surface area contributed by atoms with Gasteiger partial charge in [0.25, 0.3) is 5.91 Å². The molecule has 1 rings (SSSR count). The lowest BCUT2D eigenvalue weighted by Gasteiger charge is -2.11. The zero-order valence-electron chi connectivity index (χ0n) is 15.5. The smallest absolute Gasteiger partial charge is 0.251 e. The number of nitrogens with one attached hydrogen (secondary N) is 3. The van der Waals surface area contributed by atoms with Gasteiger partial charge in [0, 0.05) is 38.5 Å². The Morgan fingerprint density at radius 1 is 1.23 bits per heavy atom. The Morgan fingerprint density at radius 3 is 2.58 bits per heavy atom. The largest absolute Gasteiger partial charge is 0.357 e. The first-order chi connectivity index (χ1) is 11.9. The highest BCUT2D eigenvalue weighted by atomic mass is 127. The summed E-state index contributed by atoms with van der Waals surface area (Å²) in [5, 5.41) is 8.96. The first kappa shape index (κ1) is 24.6. The summed E-state index contributed by atoms with van der Waals surface area (Å²) in [6.45, 7) is 3.81. The second-order valence-corrected chi connectivity index (χ2v) is 7.96. The summed E-state index contributed by atoms with van der Waals surface area (Å²) in [6.07, 6.45) is 2.48. The molecule has 0 radical (unpaired) electrons. The van der Waals surface area contributed by atoms with E-state index in [4.69, 9.17) is 0 Å². The van der Waals surface area contributed by atoms with E-state index < -0.39 is 9.84 Å².